The zero-order chi connectivity index (χ0) is 9.84. The van der Waals surface area contributed by atoms with Crippen LogP contribution in [0.25, 0.3) is 0 Å². The summed E-state index contributed by atoms with van der Waals surface area (Å²) in [4.78, 5) is 16.6. The molecule has 0 unspecified atom stereocenters. The molecule has 0 spiro atoms. The fourth-order valence-corrected chi connectivity index (χ4v) is 0.922. The molecule has 1 heterocycles. The van der Waals surface area contributed by atoms with Gasteiger partial charge < -0.3 is 10.0 Å². The molecule has 0 saturated carbocycles. The van der Waals surface area contributed by atoms with Crippen molar-refractivity contribution < 1.29 is 9.90 Å². The van der Waals surface area contributed by atoms with E-state index in [2.05, 4.69) is 4.98 Å². The highest BCUT2D eigenvalue weighted by molar-refractivity contribution is 5.88. The molecule has 0 bridgehead atoms. The molecule has 1 aromatic rings. The van der Waals surface area contributed by atoms with Crippen LogP contribution in [-0.2, 0) is 0 Å². The minimum absolute atomic E-state index is 0.269. The molecule has 1 aromatic heterocycles. The number of anilines is 1. The van der Waals surface area contributed by atoms with Gasteiger partial charge in [0.15, 0.2) is 0 Å². The number of aromatic carboxylic acids is 1. The van der Waals surface area contributed by atoms with Crippen LogP contribution in [0.2, 0.25) is 0 Å². The van der Waals surface area contributed by atoms with Crippen LogP contribution in [0.5, 0.6) is 0 Å². The van der Waals surface area contributed by atoms with Gasteiger partial charge in [0.1, 0.15) is 5.82 Å². The van der Waals surface area contributed by atoms with Gasteiger partial charge in [0.25, 0.3) is 0 Å². The van der Waals surface area contributed by atoms with E-state index in [1.165, 1.54) is 12.3 Å². The van der Waals surface area contributed by atoms with Crippen molar-refractivity contribution in [2.24, 2.45) is 0 Å². The van der Waals surface area contributed by atoms with Gasteiger partial charge in [0.05, 0.1) is 5.56 Å². The zero-order valence-corrected chi connectivity index (χ0v) is 7.69. The topological polar surface area (TPSA) is 53.4 Å². The summed E-state index contributed by atoms with van der Waals surface area (Å²) in [5, 5.41) is 8.72. The second-order valence-corrected chi connectivity index (χ2v) is 2.72. The molecule has 0 saturated heterocycles. The summed E-state index contributed by atoms with van der Waals surface area (Å²) in [6, 6.07) is 3.04. The third kappa shape index (κ3) is 2.18. The van der Waals surface area contributed by atoms with Crippen LogP contribution >= 0.6 is 0 Å². The number of carbonyl (C=O) groups is 1. The molecule has 0 fully saturated rings. The van der Waals surface area contributed by atoms with E-state index in [9.17, 15) is 4.79 Å². The smallest absolute Gasteiger partial charge is 0.335 e. The maximum Gasteiger partial charge on any atom is 0.335 e. The monoisotopic (exact) mass is 180 g/mol. The molecule has 13 heavy (non-hydrogen) atoms. The molecule has 4 nitrogen and oxygen atoms in total. The Balaban J connectivity index is 2.98. The summed E-state index contributed by atoms with van der Waals surface area (Å²) in [7, 11) is 1.87. The van der Waals surface area contributed by atoms with Gasteiger partial charge in [-0.05, 0) is 19.1 Å². The first-order valence-electron chi connectivity index (χ1n) is 4.05. The fourth-order valence-electron chi connectivity index (χ4n) is 0.922. The van der Waals surface area contributed by atoms with Crippen molar-refractivity contribution >= 4 is 11.8 Å². The van der Waals surface area contributed by atoms with Crippen LogP contribution in [0.3, 0.4) is 0 Å². The van der Waals surface area contributed by atoms with Crippen LogP contribution in [0.1, 0.15) is 17.3 Å². The summed E-state index contributed by atoms with van der Waals surface area (Å²) < 4.78 is 0. The predicted octanol–water partition coefficient (Wildman–Crippen LogP) is 1.24. The highest BCUT2D eigenvalue weighted by atomic mass is 16.4. The van der Waals surface area contributed by atoms with Crippen molar-refractivity contribution in [3.8, 4) is 0 Å². The lowest BCUT2D eigenvalue weighted by Gasteiger charge is -2.15. The van der Waals surface area contributed by atoms with E-state index < -0.39 is 5.97 Å². The van der Waals surface area contributed by atoms with Crippen molar-refractivity contribution in [1.29, 1.82) is 0 Å². The van der Waals surface area contributed by atoms with E-state index in [4.69, 9.17) is 5.11 Å². The van der Waals surface area contributed by atoms with Crippen LogP contribution in [0.15, 0.2) is 18.3 Å². The normalized spacial score (nSPS) is 9.69. The molecule has 0 aliphatic rings. The van der Waals surface area contributed by atoms with Crippen LogP contribution < -0.4 is 4.90 Å². The number of hydrogen-bond acceptors (Lipinski definition) is 3. The number of hydrogen-bond donors (Lipinski definition) is 1. The SMILES string of the molecule is CCN(C)c1cc(C(=O)O)ccn1. The molecule has 0 radical (unpaired) electrons. The van der Waals surface area contributed by atoms with E-state index in [0.717, 1.165) is 6.54 Å². The van der Waals surface area contributed by atoms with Crippen molar-refractivity contribution in [2.75, 3.05) is 18.5 Å². The maximum absolute atomic E-state index is 10.6. The number of carboxylic acids is 1. The number of rotatable bonds is 3. The van der Waals surface area contributed by atoms with E-state index in [-0.39, 0.29) is 5.56 Å². The van der Waals surface area contributed by atoms with Gasteiger partial charge in [0, 0.05) is 19.8 Å². The van der Waals surface area contributed by atoms with Gasteiger partial charge in [-0.15, -0.1) is 0 Å². The molecule has 1 rings (SSSR count). The van der Waals surface area contributed by atoms with Crippen LogP contribution in [-0.4, -0.2) is 29.7 Å². The van der Waals surface area contributed by atoms with Gasteiger partial charge in [-0.25, -0.2) is 9.78 Å². The fraction of sp³-hybridized carbons (Fsp3) is 0.333. The Morgan fingerprint density at radius 2 is 2.38 bits per heavy atom. The molecular weight excluding hydrogens is 168 g/mol. The molecule has 1 N–H and O–H groups in total. The Morgan fingerprint density at radius 1 is 1.69 bits per heavy atom. The standard InChI is InChI=1S/C9H12N2O2/c1-3-11(2)8-6-7(9(12)13)4-5-10-8/h4-6H,3H2,1-2H3,(H,12,13). The number of carboxylic acid groups (broad SMARTS) is 1. The van der Waals surface area contributed by atoms with Gasteiger partial charge in [0.2, 0.25) is 0 Å². The number of pyridine rings is 1. The average Bonchev–Trinajstić information content (AvgIpc) is 2.17. The van der Waals surface area contributed by atoms with Crippen molar-refractivity contribution in [1.82, 2.24) is 4.98 Å². The Hall–Kier alpha value is -1.58. The van der Waals surface area contributed by atoms with Crippen LogP contribution in [0.4, 0.5) is 5.82 Å². The molecule has 0 aromatic carbocycles. The molecule has 0 amide bonds. The minimum Gasteiger partial charge on any atom is -0.478 e. The minimum atomic E-state index is -0.923. The average molecular weight is 180 g/mol. The van der Waals surface area contributed by atoms with Gasteiger partial charge in [-0.1, -0.05) is 0 Å². The molecule has 0 aliphatic carbocycles. The maximum atomic E-state index is 10.6. The van der Waals surface area contributed by atoms with E-state index in [0.29, 0.717) is 5.82 Å². The van der Waals surface area contributed by atoms with Gasteiger partial charge in [-0.3, -0.25) is 0 Å². The zero-order valence-electron chi connectivity index (χ0n) is 7.69. The summed E-state index contributed by atoms with van der Waals surface area (Å²) in [6.07, 6.45) is 1.50. The lowest BCUT2D eigenvalue weighted by atomic mass is 10.2. The highest BCUT2D eigenvalue weighted by Gasteiger charge is 2.05. The van der Waals surface area contributed by atoms with Crippen molar-refractivity contribution in [3.05, 3.63) is 23.9 Å². The third-order valence-electron chi connectivity index (χ3n) is 1.86. The Labute approximate surface area is 76.8 Å². The van der Waals surface area contributed by atoms with Gasteiger partial charge in [-0.2, -0.15) is 0 Å². The molecule has 0 atom stereocenters. The first-order valence-corrected chi connectivity index (χ1v) is 4.05. The van der Waals surface area contributed by atoms with Crippen molar-refractivity contribution in [3.63, 3.8) is 0 Å². The second-order valence-electron chi connectivity index (χ2n) is 2.72. The summed E-state index contributed by atoms with van der Waals surface area (Å²) in [5.41, 5.74) is 0.269. The number of nitrogens with zero attached hydrogens (tertiary/aromatic N) is 2. The summed E-state index contributed by atoms with van der Waals surface area (Å²) in [6.45, 7) is 2.78. The van der Waals surface area contributed by atoms with Gasteiger partial charge >= 0.3 is 5.97 Å². The van der Waals surface area contributed by atoms with E-state index in [1.807, 2.05) is 18.9 Å². The Kier molecular flexibility index (Phi) is 2.84. The van der Waals surface area contributed by atoms with Crippen LogP contribution in [0, 0.1) is 0 Å². The highest BCUT2D eigenvalue weighted by Crippen LogP contribution is 2.10. The molecular formula is C9H12N2O2. The molecule has 0 aliphatic heterocycles. The van der Waals surface area contributed by atoms with E-state index >= 15 is 0 Å². The van der Waals surface area contributed by atoms with E-state index in [1.54, 1.807) is 6.07 Å². The largest absolute Gasteiger partial charge is 0.478 e. The lowest BCUT2D eigenvalue weighted by Crippen LogP contribution is -2.17. The first-order chi connectivity index (χ1) is 6.15. The predicted molar refractivity (Wildman–Crippen MR) is 50.1 cm³/mol. The summed E-state index contributed by atoms with van der Waals surface area (Å²) in [5.74, 6) is -0.240. The third-order valence-corrected chi connectivity index (χ3v) is 1.86. The molecule has 4 heteroatoms. The quantitative estimate of drug-likeness (QED) is 0.760. The second kappa shape index (κ2) is 3.89. The van der Waals surface area contributed by atoms with Crippen molar-refractivity contribution in [2.45, 2.75) is 6.92 Å². The summed E-state index contributed by atoms with van der Waals surface area (Å²) >= 11 is 0. The Morgan fingerprint density at radius 3 is 2.92 bits per heavy atom. The molecule has 70 valence electrons. The number of aromatic nitrogens is 1. The first kappa shape index (κ1) is 9.51. The lowest BCUT2D eigenvalue weighted by molar-refractivity contribution is 0.0697. The Bertz CT molecular complexity index is 312.